The normalized spacial score (nSPS) is 9.95. The van der Waals surface area contributed by atoms with Gasteiger partial charge < -0.3 is 20.8 Å². The number of aliphatic hydroxyl groups excluding tert-OH is 1. The monoisotopic (exact) mass is 289 g/mol. The number of urea groups is 1. The van der Waals surface area contributed by atoms with Crippen LogP contribution in [0.3, 0.4) is 0 Å². The summed E-state index contributed by atoms with van der Waals surface area (Å²) >= 11 is 0. The minimum absolute atomic E-state index is 0.121. The lowest BCUT2D eigenvalue weighted by Crippen LogP contribution is -2.31. The number of anilines is 3. The molecular weight excluding hydrogens is 274 g/mol. The lowest BCUT2D eigenvalue weighted by Gasteiger charge is -2.08. The predicted octanol–water partition coefficient (Wildman–Crippen LogP) is 1.04. The first-order chi connectivity index (χ1) is 10.2. The van der Waals surface area contributed by atoms with E-state index in [0.717, 1.165) is 0 Å². The number of phenolic OH excluding ortho intramolecular Hbond substituents is 1. The van der Waals surface area contributed by atoms with Gasteiger partial charge in [-0.2, -0.15) is 4.98 Å². The van der Waals surface area contributed by atoms with Crippen LogP contribution in [0.1, 0.15) is 0 Å². The second kappa shape index (κ2) is 7.06. The largest absolute Gasteiger partial charge is 0.508 e. The van der Waals surface area contributed by atoms with E-state index >= 15 is 0 Å². The van der Waals surface area contributed by atoms with Crippen LogP contribution < -0.4 is 16.0 Å². The molecule has 0 saturated heterocycles. The maximum Gasteiger partial charge on any atom is 0.321 e. The molecule has 0 spiro atoms. The van der Waals surface area contributed by atoms with Crippen molar-refractivity contribution in [3.63, 3.8) is 0 Å². The Bertz CT molecular complexity index is 620. The number of hydrogen-bond acceptors (Lipinski definition) is 6. The Morgan fingerprint density at radius 3 is 2.90 bits per heavy atom. The lowest BCUT2D eigenvalue weighted by molar-refractivity contribution is 0.244. The smallest absolute Gasteiger partial charge is 0.321 e. The molecule has 110 valence electrons. The molecule has 1 aromatic heterocycles. The zero-order valence-electron chi connectivity index (χ0n) is 11.1. The molecule has 8 nitrogen and oxygen atoms in total. The number of benzene rings is 1. The second-order valence-corrected chi connectivity index (χ2v) is 4.05. The number of amides is 2. The first kappa shape index (κ1) is 14.5. The van der Waals surface area contributed by atoms with Gasteiger partial charge in [0.1, 0.15) is 11.6 Å². The number of carbonyl (C=O) groups excluding carboxylic acids is 1. The fourth-order valence-corrected chi connectivity index (χ4v) is 1.54. The van der Waals surface area contributed by atoms with Gasteiger partial charge in [-0.25, -0.2) is 9.78 Å². The Hall–Kier alpha value is -2.87. The molecule has 1 aromatic carbocycles. The molecule has 0 aliphatic rings. The van der Waals surface area contributed by atoms with Gasteiger partial charge >= 0.3 is 6.03 Å². The fraction of sp³-hybridized carbons (Fsp3) is 0.154. The minimum Gasteiger partial charge on any atom is -0.508 e. The maximum atomic E-state index is 11.4. The van der Waals surface area contributed by atoms with Crippen molar-refractivity contribution in [3.8, 4) is 5.75 Å². The first-order valence-corrected chi connectivity index (χ1v) is 6.22. The molecular formula is C13H15N5O3. The van der Waals surface area contributed by atoms with Gasteiger partial charge in [-0.05, 0) is 18.2 Å². The van der Waals surface area contributed by atoms with E-state index in [0.29, 0.717) is 11.5 Å². The molecule has 21 heavy (non-hydrogen) atoms. The summed E-state index contributed by atoms with van der Waals surface area (Å²) in [5.41, 5.74) is 0.657. The molecule has 0 unspecified atom stereocenters. The van der Waals surface area contributed by atoms with Gasteiger partial charge in [0.25, 0.3) is 0 Å². The van der Waals surface area contributed by atoms with Crippen molar-refractivity contribution in [1.29, 1.82) is 0 Å². The zero-order valence-corrected chi connectivity index (χ0v) is 11.1. The molecule has 0 atom stereocenters. The number of nitrogens with one attached hydrogen (secondary N) is 3. The van der Waals surface area contributed by atoms with Crippen molar-refractivity contribution in [2.75, 3.05) is 23.8 Å². The third kappa shape index (κ3) is 4.62. The summed E-state index contributed by atoms with van der Waals surface area (Å²) in [6.45, 7) is 0.000435. The molecule has 0 aliphatic heterocycles. The molecule has 8 heteroatoms. The Labute approximate surface area is 120 Å². The zero-order chi connectivity index (χ0) is 15.1. The van der Waals surface area contributed by atoms with Gasteiger partial charge in [-0.3, -0.25) is 5.32 Å². The number of phenols is 1. The standard InChI is InChI=1S/C13H15N5O3/c19-7-6-15-13(21)18-12-14-5-4-11(17-12)16-9-2-1-3-10(20)8-9/h1-5,8,19-20H,6-7H2,(H3,14,15,16,17,18,21). The van der Waals surface area contributed by atoms with Gasteiger partial charge in [0.2, 0.25) is 5.95 Å². The molecule has 0 fully saturated rings. The summed E-state index contributed by atoms with van der Waals surface area (Å²) in [7, 11) is 0. The Morgan fingerprint density at radius 2 is 2.14 bits per heavy atom. The fourth-order valence-electron chi connectivity index (χ4n) is 1.54. The van der Waals surface area contributed by atoms with E-state index in [9.17, 15) is 9.90 Å². The van der Waals surface area contributed by atoms with Gasteiger partial charge in [-0.15, -0.1) is 0 Å². The van der Waals surface area contributed by atoms with Crippen molar-refractivity contribution < 1.29 is 15.0 Å². The average Bonchev–Trinajstić information content (AvgIpc) is 2.45. The second-order valence-electron chi connectivity index (χ2n) is 4.05. The predicted molar refractivity (Wildman–Crippen MR) is 77.5 cm³/mol. The van der Waals surface area contributed by atoms with Crippen LogP contribution in [0.5, 0.6) is 5.75 Å². The van der Waals surface area contributed by atoms with Crippen LogP contribution >= 0.6 is 0 Å². The molecule has 2 amide bonds. The Kier molecular flexibility index (Phi) is 4.89. The van der Waals surface area contributed by atoms with E-state index in [-0.39, 0.29) is 24.8 Å². The third-order valence-corrected chi connectivity index (χ3v) is 2.40. The maximum absolute atomic E-state index is 11.4. The number of aromatic nitrogens is 2. The summed E-state index contributed by atoms with van der Waals surface area (Å²) in [6, 6.07) is 7.69. The molecule has 0 radical (unpaired) electrons. The van der Waals surface area contributed by atoms with Gasteiger partial charge in [-0.1, -0.05) is 6.07 Å². The molecule has 0 bridgehead atoms. The first-order valence-electron chi connectivity index (χ1n) is 6.22. The summed E-state index contributed by atoms with van der Waals surface area (Å²) in [6.07, 6.45) is 1.49. The van der Waals surface area contributed by atoms with Crippen LogP contribution in [0, 0.1) is 0 Å². The van der Waals surface area contributed by atoms with Crippen LogP contribution in [0.2, 0.25) is 0 Å². The SMILES string of the molecule is O=C(NCCO)Nc1nccc(Nc2cccc(O)c2)n1. The average molecular weight is 289 g/mol. The minimum atomic E-state index is -0.501. The number of nitrogens with zero attached hydrogens (tertiary/aromatic N) is 2. The summed E-state index contributed by atoms with van der Waals surface area (Å²) < 4.78 is 0. The number of aliphatic hydroxyl groups is 1. The molecule has 5 N–H and O–H groups in total. The lowest BCUT2D eigenvalue weighted by atomic mass is 10.3. The topological polar surface area (TPSA) is 119 Å². The number of carbonyl (C=O) groups is 1. The molecule has 1 heterocycles. The third-order valence-electron chi connectivity index (χ3n) is 2.40. The van der Waals surface area contributed by atoms with Crippen LogP contribution in [0.4, 0.5) is 22.2 Å². The highest BCUT2D eigenvalue weighted by atomic mass is 16.3. The van der Waals surface area contributed by atoms with Crippen molar-refractivity contribution in [1.82, 2.24) is 15.3 Å². The molecule has 0 saturated carbocycles. The number of aromatic hydroxyl groups is 1. The molecule has 0 aliphatic carbocycles. The van der Waals surface area contributed by atoms with E-state index in [1.54, 1.807) is 30.3 Å². The van der Waals surface area contributed by atoms with Crippen molar-refractivity contribution in [2.24, 2.45) is 0 Å². The van der Waals surface area contributed by atoms with E-state index in [4.69, 9.17) is 5.11 Å². The molecule has 2 aromatic rings. The summed E-state index contributed by atoms with van der Waals surface area (Å²) in [5.74, 6) is 0.722. The van der Waals surface area contributed by atoms with Crippen LogP contribution in [0.15, 0.2) is 36.5 Å². The van der Waals surface area contributed by atoms with Crippen LogP contribution in [-0.4, -0.2) is 39.4 Å². The van der Waals surface area contributed by atoms with E-state index in [1.807, 2.05) is 0 Å². The van der Waals surface area contributed by atoms with E-state index in [2.05, 4.69) is 25.9 Å². The van der Waals surface area contributed by atoms with Crippen LogP contribution in [-0.2, 0) is 0 Å². The van der Waals surface area contributed by atoms with Gasteiger partial charge in [0.05, 0.1) is 6.61 Å². The highest BCUT2D eigenvalue weighted by molar-refractivity contribution is 5.87. The van der Waals surface area contributed by atoms with Crippen LogP contribution in [0.25, 0.3) is 0 Å². The summed E-state index contributed by atoms with van der Waals surface area (Å²) in [4.78, 5) is 19.4. The van der Waals surface area contributed by atoms with Gasteiger partial charge in [0.15, 0.2) is 0 Å². The Balaban J connectivity index is 2.02. The number of hydrogen-bond donors (Lipinski definition) is 5. The Morgan fingerprint density at radius 1 is 1.29 bits per heavy atom. The quantitative estimate of drug-likeness (QED) is 0.561. The molecule has 2 rings (SSSR count). The highest BCUT2D eigenvalue weighted by Crippen LogP contribution is 2.19. The van der Waals surface area contributed by atoms with Crippen molar-refractivity contribution in [2.45, 2.75) is 0 Å². The highest BCUT2D eigenvalue weighted by Gasteiger charge is 2.04. The van der Waals surface area contributed by atoms with E-state index in [1.165, 1.54) is 6.20 Å². The summed E-state index contributed by atoms with van der Waals surface area (Å²) in [5, 5.41) is 25.8. The van der Waals surface area contributed by atoms with Gasteiger partial charge in [0, 0.05) is 24.5 Å². The van der Waals surface area contributed by atoms with Crippen molar-refractivity contribution >= 4 is 23.5 Å². The van der Waals surface area contributed by atoms with E-state index < -0.39 is 6.03 Å². The number of rotatable bonds is 5. The van der Waals surface area contributed by atoms with Crippen molar-refractivity contribution in [3.05, 3.63) is 36.5 Å².